The molecule has 1 aliphatic heterocycles. The SMILES string of the molecule is CCC(N)[C@@]1(O)[C@H](O)C(O)O[C@H](CO)[C@H]1O. The van der Waals surface area contributed by atoms with E-state index in [-0.39, 0.29) is 6.42 Å². The second kappa shape index (κ2) is 4.92. The second-order valence-electron chi connectivity index (χ2n) is 4.04. The lowest BCUT2D eigenvalue weighted by molar-refractivity contribution is -0.325. The fourth-order valence-corrected chi connectivity index (χ4v) is 1.94. The fourth-order valence-electron chi connectivity index (χ4n) is 1.94. The van der Waals surface area contributed by atoms with Crippen molar-refractivity contribution in [3.05, 3.63) is 0 Å². The molecular formula is C9H19NO6. The van der Waals surface area contributed by atoms with Gasteiger partial charge in [0, 0.05) is 6.04 Å². The van der Waals surface area contributed by atoms with Gasteiger partial charge in [0.1, 0.15) is 23.9 Å². The zero-order valence-electron chi connectivity index (χ0n) is 9.02. The zero-order valence-corrected chi connectivity index (χ0v) is 9.02. The molecule has 0 radical (unpaired) electrons. The molecule has 0 bridgehead atoms. The Balaban J connectivity index is 3.01. The van der Waals surface area contributed by atoms with Crippen LogP contribution in [0.2, 0.25) is 0 Å². The Morgan fingerprint density at radius 2 is 1.88 bits per heavy atom. The van der Waals surface area contributed by atoms with Crippen LogP contribution in [-0.4, -0.2) is 68.4 Å². The highest BCUT2D eigenvalue weighted by Crippen LogP contribution is 2.32. The van der Waals surface area contributed by atoms with Crippen molar-refractivity contribution in [1.29, 1.82) is 0 Å². The molecule has 1 aliphatic rings. The zero-order chi connectivity index (χ0) is 12.5. The van der Waals surface area contributed by atoms with Crippen LogP contribution < -0.4 is 5.73 Å². The van der Waals surface area contributed by atoms with E-state index in [0.29, 0.717) is 0 Å². The molecular weight excluding hydrogens is 218 g/mol. The monoisotopic (exact) mass is 237 g/mol. The number of ether oxygens (including phenoxy) is 1. The van der Waals surface area contributed by atoms with Crippen molar-refractivity contribution in [3.63, 3.8) is 0 Å². The van der Waals surface area contributed by atoms with E-state index in [2.05, 4.69) is 0 Å². The lowest BCUT2D eigenvalue weighted by atomic mass is 9.77. The molecule has 1 fully saturated rings. The van der Waals surface area contributed by atoms with Crippen molar-refractivity contribution < 1.29 is 30.3 Å². The summed E-state index contributed by atoms with van der Waals surface area (Å²) in [5.74, 6) is 0. The molecule has 7 N–H and O–H groups in total. The van der Waals surface area contributed by atoms with Crippen LogP contribution in [0.25, 0.3) is 0 Å². The first-order valence-corrected chi connectivity index (χ1v) is 5.18. The standard InChI is InChI=1S/C9H19NO6/c1-2-5(10)9(15)6(12)4(3-11)16-8(14)7(9)13/h4-8,11-15H,2-3,10H2,1H3/t4-,5?,6-,7-,8?,9+/m1/s1. The Morgan fingerprint density at radius 3 is 2.31 bits per heavy atom. The maximum absolute atomic E-state index is 10.2. The fraction of sp³-hybridized carbons (Fsp3) is 1.00. The maximum atomic E-state index is 10.2. The second-order valence-corrected chi connectivity index (χ2v) is 4.04. The molecule has 96 valence electrons. The summed E-state index contributed by atoms with van der Waals surface area (Å²) in [4.78, 5) is 0. The Bertz CT molecular complexity index is 238. The predicted octanol–water partition coefficient (Wildman–Crippen LogP) is -3.11. The van der Waals surface area contributed by atoms with E-state index in [1.165, 1.54) is 0 Å². The van der Waals surface area contributed by atoms with Crippen molar-refractivity contribution in [2.45, 2.75) is 49.6 Å². The third-order valence-corrected chi connectivity index (χ3v) is 3.10. The van der Waals surface area contributed by atoms with Crippen LogP contribution >= 0.6 is 0 Å². The van der Waals surface area contributed by atoms with Crippen LogP contribution in [0, 0.1) is 0 Å². The average molecular weight is 237 g/mol. The molecule has 1 heterocycles. The summed E-state index contributed by atoms with van der Waals surface area (Å²) in [5, 5.41) is 47.9. The quantitative estimate of drug-likeness (QED) is 0.305. The largest absolute Gasteiger partial charge is 0.394 e. The number of hydrogen-bond acceptors (Lipinski definition) is 7. The van der Waals surface area contributed by atoms with Crippen molar-refractivity contribution >= 4 is 0 Å². The van der Waals surface area contributed by atoms with Crippen LogP contribution in [0.3, 0.4) is 0 Å². The van der Waals surface area contributed by atoms with Gasteiger partial charge in [0.15, 0.2) is 6.29 Å². The predicted molar refractivity (Wildman–Crippen MR) is 53.2 cm³/mol. The number of aliphatic hydroxyl groups is 5. The highest BCUT2D eigenvalue weighted by molar-refractivity contribution is 5.06. The summed E-state index contributed by atoms with van der Waals surface area (Å²) in [6.07, 6.45) is -5.87. The first-order valence-electron chi connectivity index (χ1n) is 5.18. The number of rotatable bonds is 3. The van der Waals surface area contributed by atoms with E-state index in [4.69, 9.17) is 15.6 Å². The normalized spacial score (nSPS) is 46.7. The minimum Gasteiger partial charge on any atom is -0.394 e. The smallest absolute Gasteiger partial charge is 0.184 e. The molecule has 0 aliphatic carbocycles. The topological polar surface area (TPSA) is 136 Å². The van der Waals surface area contributed by atoms with Crippen molar-refractivity contribution in [3.8, 4) is 0 Å². The minimum atomic E-state index is -2.10. The van der Waals surface area contributed by atoms with Gasteiger partial charge in [-0.3, -0.25) is 0 Å². The first-order chi connectivity index (χ1) is 7.39. The molecule has 0 saturated carbocycles. The van der Waals surface area contributed by atoms with Crippen LogP contribution in [0.1, 0.15) is 13.3 Å². The van der Waals surface area contributed by atoms with Gasteiger partial charge in [-0.25, -0.2) is 0 Å². The van der Waals surface area contributed by atoms with E-state index >= 15 is 0 Å². The molecule has 0 amide bonds. The van der Waals surface area contributed by atoms with Gasteiger partial charge in [-0.15, -0.1) is 0 Å². The van der Waals surface area contributed by atoms with Crippen molar-refractivity contribution in [2.24, 2.45) is 5.73 Å². The van der Waals surface area contributed by atoms with Crippen LogP contribution in [-0.2, 0) is 4.74 Å². The van der Waals surface area contributed by atoms with E-state index in [1.54, 1.807) is 6.92 Å². The van der Waals surface area contributed by atoms with Gasteiger partial charge in [-0.05, 0) is 6.42 Å². The molecule has 7 heteroatoms. The molecule has 0 aromatic carbocycles. The van der Waals surface area contributed by atoms with Gasteiger partial charge in [0.2, 0.25) is 0 Å². The van der Waals surface area contributed by atoms with Gasteiger partial charge >= 0.3 is 0 Å². The molecule has 6 atom stereocenters. The molecule has 1 saturated heterocycles. The van der Waals surface area contributed by atoms with Gasteiger partial charge in [0.25, 0.3) is 0 Å². The number of nitrogens with two attached hydrogens (primary N) is 1. The summed E-state index contributed by atoms with van der Waals surface area (Å²) in [7, 11) is 0. The number of aliphatic hydroxyl groups excluding tert-OH is 4. The van der Waals surface area contributed by atoms with E-state index < -0.39 is 42.9 Å². The third-order valence-electron chi connectivity index (χ3n) is 3.10. The van der Waals surface area contributed by atoms with Crippen LogP contribution in [0.4, 0.5) is 0 Å². The van der Waals surface area contributed by atoms with Gasteiger partial charge < -0.3 is 36.0 Å². The minimum absolute atomic E-state index is 0.287. The Hall–Kier alpha value is -0.280. The number of hydrogen-bond donors (Lipinski definition) is 6. The molecule has 2 unspecified atom stereocenters. The van der Waals surface area contributed by atoms with Gasteiger partial charge in [-0.2, -0.15) is 0 Å². The van der Waals surface area contributed by atoms with E-state index in [1.807, 2.05) is 0 Å². The third kappa shape index (κ3) is 1.95. The Morgan fingerprint density at radius 1 is 1.31 bits per heavy atom. The maximum Gasteiger partial charge on any atom is 0.184 e. The average Bonchev–Trinajstić information content (AvgIpc) is 2.29. The Kier molecular flexibility index (Phi) is 4.24. The molecule has 7 nitrogen and oxygen atoms in total. The van der Waals surface area contributed by atoms with Gasteiger partial charge in [-0.1, -0.05) is 6.92 Å². The molecule has 0 spiro atoms. The molecule has 0 aromatic heterocycles. The summed E-state index contributed by atoms with van der Waals surface area (Å²) >= 11 is 0. The highest BCUT2D eigenvalue weighted by atomic mass is 16.6. The Labute approximate surface area is 93.1 Å². The van der Waals surface area contributed by atoms with E-state index in [9.17, 15) is 20.4 Å². The highest BCUT2D eigenvalue weighted by Gasteiger charge is 2.57. The summed E-state index contributed by atoms with van der Waals surface area (Å²) in [5.41, 5.74) is 3.53. The molecule has 0 aromatic rings. The molecule has 16 heavy (non-hydrogen) atoms. The summed E-state index contributed by atoms with van der Waals surface area (Å²) in [6.45, 7) is 1.07. The van der Waals surface area contributed by atoms with Crippen LogP contribution in [0.5, 0.6) is 0 Å². The van der Waals surface area contributed by atoms with Crippen molar-refractivity contribution in [2.75, 3.05) is 6.61 Å². The van der Waals surface area contributed by atoms with Crippen LogP contribution in [0.15, 0.2) is 0 Å². The summed E-state index contributed by atoms with van der Waals surface area (Å²) < 4.78 is 4.74. The lowest BCUT2D eigenvalue weighted by Gasteiger charge is -2.49. The lowest BCUT2D eigenvalue weighted by Crippen LogP contribution is -2.73. The summed E-state index contributed by atoms with van der Waals surface area (Å²) in [6, 6.07) is -0.940. The first kappa shape index (κ1) is 13.8. The van der Waals surface area contributed by atoms with Crippen molar-refractivity contribution in [1.82, 2.24) is 0 Å². The molecule has 1 rings (SSSR count). The van der Waals surface area contributed by atoms with E-state index in [0.717, 1.165) is 0 Å². The van der Waals surface area contributed by atoms with Gasteiger partial charge in [0.05, 0.1) is 6.61 Å².